The van der Waals surface area contributed by atoms with Crippen LogP contribution in [0.2, 0.25) is 0 Å². The summed E-state index contributed by atoms with van der Waals surface area (Å²) in [5, 5.41) is 26.7. The van der Waals surface area contributed by atoms with Crippen molar-refractivity contribution in [2.24, 2.45) is 10.2 Å². The molecular formula is C32H39N7O2. The number of aliphatic hydroxyl groups excluding tert-OH is 1. The van der Waals surface area contributed by atoms with E-state index in [1.807, 2.05) is 119 Å². The Morgan fingerprint density at radius 3 is 1.68 bits per heavy atom. The predicted molar refractivity (Wildman–Crippen MR) is 169 cm³/mol. The maximum atomic E-state index is 9.62. The first-order chi connectivity index (χ1) is 20.2. The van der Waals surface area contributed by atoms with Crippen LogP contribution < -0.4 is 10.6 Å². The van der Waals surface area contributed by atoms with Gasteiger partial charge in [-0.25, -0.2) is 0 Å². The van der Waals surface area contributed by atoms with Gasteiger partial charge in [0, 0.05) is 25.6 Å². The van der Waals surface area contributed by atoms with Crippen LogP contribution in [0.15, 0.2) is 107 Å². The molecule has 1 heterocycles. The monoisotopic (exact) mass is 553 g/mol. The molecule has 4 aromatic carbocycles. The Kier molecular flexibility index (Phi) is 14.7. The van der Waals surface area contributed by atoms with E-state index in [4.69, 9.17) is 0 Å². The van der Waals surface area contributed by atoms with Crippen molar-refractivity contribution in [3.63, 3.8) is 0 Å². The molecule has 0 saturated carbocycles. The van der Waals surface area contributed by atoms with E-state index in [-0.39, 0.29) is 12.4 Å². The molecule has 0 aliphatic rings. The summed E-state index contributed by atoms with van der Waals surface area (Å²) in [6.45, 7) is 7.70. The van der Waals surface area contributed by atoms with Crippen LogP contribution in [0.5, 0.6) is 0 Å². The van der Waals surface area contributed by atoms with Crippen LogP contribution in [0.25, 0.3) is 10.8 Å². The lowest BCUT2D eigenvalue weighted by Crippen LogP contribution is -2.07. The first kappa shape index (κ1) is 32.5. The van der Waals surface area contributed by atoms with Crippen molar-refractivity contribution >= 4 is 45.4 Å². The Hall–Kier alpha value is -4.73. The number of methoxy groups -OCH3 is 1. The number of azo groups is 1. The standard InChI is InChI=1S/C26H21N7O.C2H6O.2C2H6/c34-17-24-29-25(27-20-12-14-22(15-13-20)33-32-21-8-2-1-3-9-21)31-26(30-24)28-23-11-10-18-6-4-5-7-19(18)16-23;1-3-2;2*1-2/h1-16,34H,17H2,(H2,27,28,29,30,31);1-2H3;2*1-2H3. The van der Waals surface area contributed by atoms with Gasteiger partial charge in [-0.05, 0) is 59.3 Å². The van der Waals surface area contributed by atoms with Crippen molar-refractivity contribution in [2.45, 2.75) is 34.3 Å². The highest BCUT2D eigenvalue weighted by Crippen LogP contribution is 2.24. The Morgan fingerprint density at radius 1 is 0.610 bits per heavy atom. The van der Waals surface area contributed by atoms with Gasteiger partial charge in [0.25, 0.3) is 0 Å². The van der Waals surface area contributed by atoms with E-state index in [0.717, 1.165) is 33.5 Å². The van der Waals surface area contributed by atoms with E-state index < -0.39 is 0 Å². The van der Waals surface area contributed by atoms with Crippen LogP contribution in [0.4, 0.5) is 34.6 Å². The maximum absolute atomic E-state index is 9.62. The van der Waals surface area contributed by atoms with Crippen LogP contribution in [-0.4, -0.2) is 34.3 Å². The summed E-state index contributed by atoms with van der Waals surface area (Å²) in [4.78, 5) is 13.0. The molecule has 5 aromatic rings. The van der Waals surface area contributed by atoms with Gasteiger partial charge in [0.1, 0.15) is 6.61 Å². The Balaban J connectivity index is 0.000000775. The van der Waals surface area contributed by atoms with Crippen molar-refractivity contribution in [1.29, 1.82) is 0 Å². The molecule has 41 heavy (non-hydrogen) atoms. The second kappa shape index (κ2) is 18.5. The number of ether oxygens (including phenoxy) is 1. The van der Waals surface area contributed by atoms with E-state index in [1.54, 1.807) is 14.2 Å². The maximum Gasteiger partial charge on any atom is 0.232 e. The third kappa shape index (κ3) is 10.7. The fraction of sp³-hybridized carbons (Fsp3) is 0.219. The molecule has 0 aliphatic heterocycles. The summed E-state index contributed by atoms with van der Waals surface area (Å²) in [6.07, 6.45) is 0. The highest BCUT2D eigenvalue weighted by molar-refractivity contribution is 5.86. The minimum Gasteiger partial charge on any atom is -0.388 e. The third-order valence-electron chi connectivity index (χ3n) is 4.99. The van der Waals surface area contributed by atoms with Gasteiger partial charge in [-0.3, -0.25) is 0 Å². The zero-order valence-electron chi connectivity index (χ0n) is 24.5. The Morgan fingerprint density at radius 2 is 1.10 bits per heavy atom. The van der Waals surface area contributed by atoms with Gasteiger partial charge < -0.3 is 20.5 Å². The van der Waals surface area contributed by atoms with E-state index in [9.17, 15) is 5.11 Å². The summed E-state index contributed by atoms with van der Waals surface area (Å²) < 4.78 is 4.25. The summed E-state index contributed by atoms with van der Waals surface area (Å²) in [5.41, 5.74) is 3.12. The van der Waals surface area contributed by atoms with Gasteiger partial charge in [-0.15, -0.1) is 0 Å². The molecule has 0 saturated heterocycles. The number of benzene rings is 4. The summed E-state index contributed by atoms with van der Waals surface area (Å²) in [5.74, 6) is 0.917. The minimum absolute atomic E-state index is 0.258. The van der Waals surface area contributed by atoms with Crippen LogP contribution in [0.1, 0.15) is 33.5 Å². The molecule has 0 unspecified atom stereocenters. The number of fused-ring (bicyclic) bond motifs is 1. The SMILES string of the molecule is CC.CC.COC.OCc1nc(Nc2ccc(N=Nc3ccccc3)cc2)nc(Nc2ccc3ccccc3c2)n1. The summed E-state index contributed by atoms with van der Waals surface area (Å²) in [7, 11) is 3.25. The van der Waals surface area contributed by atoms with E-state index >= 15 is 0 Å². The number of nitrogens with zero attached hydrogens (tertiary/aromatic N) is 5. The lowest BCUT2D eigenvalue weighted by Gasteiger charge is -2.10. The summed E-state index contributed by atoms with van der Waals surface area (Å²) >= 11 is 0. The van der Waals surface area contributed by atoms with Gasteiger partial charge in [0.2, 0.25) is 11.9 Å². The topological polar surface area (TPSA) is 117 Å². The van der Waals surface area contributed by atoms with Gasteiger partial charge in [0.15, 0.2) is 5.82 Å². The number of aromatic nitrogens is 3. The number of hydrogen-bond donors (Lipinski definition) is 3. The highest BCUT2D eigenvalue weighted by Gasteiger charge is 2.08. The zero-order valence-corrected chi connectivity index (χ0v) is 24.5. The van der Waals surface area contributed by atoms with Crippen LogP contribution in [0, 0.1) is 0 Å². The molecule has 214 valence electrons. The van der Waals surface area contributed by atoms with Gasteiger partial charge >= 0.3 is 0 Å². The largest absolute Gasteiger partial charge is 0.388 e. The van der Waals surface area contributed by atoms with Crippen molar-refractivity contribution in [1.82, 2.24) is 15.0 Å². The van der Waals surface area contributed by atoms with Gasteiger partial charge in [-0.1, -0.05) is 76.2 Å². The average Bonchev–Trinajstić information content (AvgIpc) is 3.03. The predicted octanol–water partition coefficient (Wildman–Crippen LogP) is 8.73. The Labute approximate surface area is 242 Å². The minimum atomic E-state index is -0.303. The molecule has 0 bridgehead atoms. The molecule has 0 spiro atoms. The van der Waals surface area contributed by atoms with Crippen molar-refractivity contribution in [3.8, 4) is 0 Å². The van der Waals surface area contributed by atoms with E-state index in [0.29, 0.717) is 11.9 Å². The number of hydrogen-bond acceptors (Lipinski definition) is 9. The molecule has 1 aromatic heterocycles. The van der Waals surface area contributed by atoms with Gasteiger partial charge in [0.05, 0.1) is 11.4 Å². The van der Waals surface area contributed by atoms with Crippen LogP contribution in [0.3, 0.4) is 0 Å². The molecule has 9 heteroatoms. The van der Waals surface area contributed by atoms with E-state index in [2.05, 4.69) is 46.6 Å². The first-order valence-corrected chi connectivity index (χ1v) is 13.5. The molecule has 0 amide bonds. The second-order valence-electron chi connectivity index (χ2n) is 7.86. The molecule has 0 atom stereocenters. The van der Waals surface area contributed by atoms with Gasteiger partial charge in [-0.2, -0.15) is 25.2 Å². The number of rotatable bonds is 7. The average molecular weight is 554 g/mol. The normalized spacial score (nSPS) is 9.93. The number of anilines is 4. The highest BCUT2D eigenvalue weighted by atomic mass is 16.4. The molecule has 9 nitrogen and oxygen atoms in total. The van der Waals surface area contributed by atoms with Crippen molar-refractivity contribution < 1.29 is 9.84 Å². The molecule has 0 fully saturated rings. The van der Waals surface area contributed by atoms with Crippen molar-refractivity contribution in [2.75, 3.05) is 24.9 Å². The Bertz CT molecular complexity index is 1460. The van der Waals surface area contributed by atoms with E-state index in [1.165, 1.54) is 0 Å². The molecule has 5 rings (SSSR count). The second-order valence-corrected chi connectivity index (χ2v) is 7.86. The molecule has 3 N–H and O–H groups in total. The lowest BCUT2D eigenvalue weighted by atomic mass is 10.1. The fourth-order valence-electron chi connectivity index (χ4n) is 3.35. The smallest absolute Gasteiger partial charge is 0.232 e. The van der Waals surface area contributed by atoms with Crippen LogP contribution in [-0.2, 0) is 11.3 Å². The summed E-state index contributed by atoms with van der Waals surface area (Å²) in [6, 6.07) is 31.1. The third-order valence-corrected chi connectivity index (χ3v) is 4.99. The first-order valence-electron chi connectivity index (χ1n) is 13.5. The fourth-order valence-corrected chi connectivity index (χ4v) is 3.35. The number of nitrogens with one attached hydrogen (secondary N) is 2. The van der Waals surface area contributed by atoms with Crippen LogP contribution >= 0.6 is 0 Å². The van der Waals surface area contributed by atoms with Crippen molar-refractivity contribution in [3.05, 3.63) is 103 Å². The zero-order chi connectivity index (χ0) is 29.9. The molecule has 0 radical (unpaired) electrons. The molecule has 0 aliphatic carbocycles. The quantitative estimate of drug-likeness (QED) is 0.172. The molecular weight excluding hydrogens is 514 g/mol. The number of aliphatic hydroxyl groups is 1. The lowest BCUT2D eigenvalue weighted by molar-refractivity contribution is 0.271.